The highest BCUT2D eigenvalue weighted by Gasteiger charge is 2.26. The van der Waals surface area contributed by atoms with Gasteiger partial charge in [0.2, 0.25) is 0 Å². The summed E-state index contributed by atoms with van der Waals surface area (Å²) in [6.45, 7) is 1.77. The second-order valence-corrected chi connectivity index (χ2v) is 7.67. The zero-order valence-electron chi connectivity index (χ0n) is 16.8. The third-order valence-corrected chi connectivity index (χ3v) is 5.72. The number of piperidine rings is 1. The Labute approximate surface area is 178 Å². The molecular weight excluding hydrogens is 394 g/mol. The van der Waals surface area contributed by atoms with Gasteiger partial charge in [0.25, 0.3) is 11.5 Å². The minimum Gasteiger partial charge on any atom is -0.337 e. The second-order valence-electron chi connectivity index (χ2n) is 7.67. The fourth-order valence-corrected chi connectivity index (χ4v) is 4.02. The molecule has 9 nitrogen and oxygen atoms in total. The van der Waals surface area contributed by atoms with Gasteiger partial charge in [-0.3, -0.25) is 14.6 Å². The third kappa shape index (κ3) is 3.81. The van der Waals surface area contributed by atoms with Crippen LogP contribution in [-0.4, -0.2) is 53.4 Å². The quantitative estimate of drug-likeness (QED) is 0.505. The Kier molecular flexibility index (Phi) is 4.99. The molecule has 1 saturated heterocycles. The van der Waals surface area contributed by atoms with Crippen molar-refractivity contribution in [3.63, 3.8) is 0 Å². The van der Waals surface area contributed by atoms with E-state index in [0.29, 0.717) is 31.1 Å². The lowest BCUT2D eigenvalue weighted by Crippen LogP contribution is -2.40. The first-order valence-corrected chi connectivity index (χ1v) is 10.3. The lowest BCUT2D eigenvalue weighted by atomic mass is 9.96. The molecule has 1 amide bonds. The highest BCUT2D eigenvalue weighted by Crippen LogP contribution is 2.23. The molecule has 0 saturated carbocycles. The molecule has 156 valence electrons. The molecule has 0 bridgehead atoms. The summed E-state index contributed by atoms with van der Waals surface area (Å²) in [5, 5.41) is 10.4. The maximum atomic E-state index is 13.1. The van der Waals surface area contributed by atoms with Gasteiger partial charge >= 0.3 is 0 Å². The number of rotatable bonds is 4. The smallest absolute Gasteiger partial charge is 0.273 e. The molecular formula is C22H21N7O2. The van der Waals surface area contributed by atoms with Crippen LogP contribution in [0.5, 0.6) is 0 Å². The molecule has 0 spiro atoms. The summed E-state index contributed by atoms with van der Waals surface area (Å²) in [6, 6.07) is 12.8. The largest absolute Gasteiger partial charge is 0.337 e. The van der Waals surface area contributed by atoms with Crippen LogP contribution < -0.4 is 5.56 Å². The summed E-state index contributed by atoms with van der Waals surface area (Å²) in [4.78, 5) is 35.5. The minimum absolute atomic E-state index is 0.0429. The number of hydrogen-bond donors (Lipinski definition) is 0. The summed E-state index contributed by atoms with van der Waals surface area (Å²) in [6.07, 6.45) is 6.26. The van der Waals surface area contributed by atoms with Crippen molar-refractivity contribution >= 4 is 16.7 Å². The average Bonchev–Trinajstić information content (AvgIpc) is 3.35. The van der Waals surface area contributed by atoms with Crippen LogP contribution in [0.15, 0.2) is 66.1 Å². The van der Waals surface area contributed by atoms with Crippen molar-refractivity contribution in [3.8, 4) is 5.82 Å². The third-order valence-electron chi connectivity index (χ3n) is 5.72. The average molecular weight is 415 g/mol. The lowest BCUT2D eigenvalue weighted by Gasteiger charge is -2.32. The van der Waals surface area contributed by atoms with Crippen molar-refractivity contribution < 1.29 is 4.79 Å². The van der Waals surface area contributed by atoms with E-state index in [0.717, 1.165) is 23.6 Å². The predicted octanol–water partition coefficient (Wildman–Crippen LogP) is 1.92. The number of benzene rings is 1. The van der Waals surface area contributed by atoms with Crippen molar-refractivity contribution in [2.75, 3.05) is 13.1 Å². The first-order valence-electron chi connectivity index (χ1n) is 10.3. The van der Waals surface area contributed by atoms with Gasteiger partial charge in [0.1, 0.15) is 18.3 Å². The van der Waals surface area contributed by atoms with E-state index in [1.54, 1.807) is 18.6 Å². The van der Waals surface area contributed by atoms with Gasteiger partial charge in [-0.2, -0.15) is 5.10 Å². The van der Waals surface area contributed by atoms with Crippen molar-refractivity contribution in [1.82, 2.24) is 34.4 Å². The lowest BCUT2D eigenvalue weighted by molar-refractivity contribution is 0.0676. The van der Waals surface area contributed by atoms with Gasteiger partial charge in [-0.25, -0.2) is 14.3 Å². The fourth-order valence-electron chi connectivity index (χ4n) is 4.02. The topological polar surface area (TPSA) is 98.8 Å². The van der Waals surface area contributed by atoms with Crippen LogP contribution in [0.3, 0.4) is 0 Å². The molecule has 9 heteroatoms. The van der Waals surface area contributed by atoms with Crippen LogP contribution in [-0.2, 0) is 6.54 Å². The monoisotopic (exact) mass is 415 g/mol. The zero-order valence-corrected chi connectivity index (χ0v) is 16.8. The van der Waals surface area contributed by atoms with Crippen LogP contribution in [0.4, 0.5) is 0 Å². The van der Waals surface area contributed by atoms with Gasteiger partial charge < -0.3 is 4.90 Å². The maximum Gasteiger partial charge on any atom is 0.273 e. The zero-order chi connectivity index (χ0) is 21.2. The molecule has 0 unspecified atom stereocenters. The number of fused-ring (bicyclic) bond motifs is 1. The first kappa shape index (κ1) is 19.1. The maximum absolute atomic E-state index is 13.1. The minimum atomic E-state index is -0.151. The number of amides is 1. The number of likely N-dealkylation sites (tertiary alicyclic amines) is 1. The molecule has 1 aromatic carbocycles. The number of hydrogen-bond acceptors (Lipinski definition) is 6. The van der Waals surface area contributed by atoms with Crippen LogP contribution in [0.1, 0.15) is 23.3 Å². The molecule has 0 N–H and O–H groups in total. The van der Waals surface area contributed by atoms with Gasteiger partial charge in [-0.05, 0) is 36.3 Å². The van der Waals surface area contributed by atoms with Crippen LogP contribution >= 0.6 is 0 Å². The van der Waals surface area contributed by atoms with Crippen LogP contribution in [0.2, 0.25) is 0 Å². The molecule has 1 fully saturated rings. The molecule has 1 aliphatic heterocycles. The summed E-state index contributed by atoms with van der Waals surface area (Å²) in [5.41, 5.74) is 0.345. The van der Waals surface area contributed by atoms with Crippen molar-refractivity contribution in [3.05, 3.63) is 77.4 Å². The van der Waals surface area contributed by atoms with Gasteiger partial charge in [0.05, 0.1) is 0 Å². The van der Waals surface area contributed by atoms with Crippen molar-refractivity contribution in [2.24, 2.45) is 5.92 Å². The second kappa shape index (κ2) is 8.10. The Morgan fingerprint density at radius 3 is 2.71 bits per heavy atom. The molecule has 4 heterocycles. The number of nitrogens with zero attached hydrogens (tertiary/aromatic N) is 7. The van der Waals surface area contributed by atoms with E-state index in [-0.39, 0.29) is 17.4 Å². The van der Waals surface area contributed by atoms with E-state index >= 15 is 0 Å². The molecule has 31 heavy (non-hydrogen) atoms. The van der Waals surface area contributed by atoms with Crippen LogP contribution in [0.25, 0.3) is 16.6 Å². The Morgan fingerprint density at radius 1 is 1.06 bits per heavy atom. The number of aromatic nitrogens is 6. The van der Waals surface area contributed by atoms with Crippen molar-refractivity contribution in [2.45, 2.75) is 19.4 Å². The van der Waals surface area contributed by atoms with E-state index < -0.39 is 0 Å². The Morgan fingerprint density at radius 2 is 1.90 bits per heavy atom. The van der Waals surface area contributed by atoms with Gasteiger partial charge in [0, 0.05) is 37.3 Å². The standard InChI is InChI=1S/C22H21N7O2/c30-20-6-5-19(29-15-23-14-25-29)26-28(20)13-16-8-11-27(12-9-16)22(31)21-18-4-2-1-3-17(18)7-10-24-21/h1-7,10,14-16H,8-9,11-13H2. The van der Waals surface area contributed by atoms with Crippen LogP contribution in [0, 0.1) is 5.92 Å². The van der Waals surface area contributed by atoms with Gasteiger partial charge in [0.15, 0.2) is 5.82 Å². The fraction of sp³-hybridized carbons (Fsp3) is 0.273. The SMILES string of the molecule is O=C(c1nccc2ccccc12)N1CCC(Cn2nc(-n3cncn3)ccc2=O)CC1. The molecule has 1 aliphatic rings. The number of pyridine rings is 1. The number of carbonyl (C=O) groups excluding carboxylic acids is 1. The molecule has 3 aromatic heterocycles. The highest BCUT2D eigenvalue weighted by atomic mass is 16.2. The van der Waals surface area contributed by atoms with Gasteiger partial charge in [-0.15, -0.1) is 5.10 Å². The first-order chi connectivity index (χ1) is 15.2. The molecule has 0 radical (unpaired) electrons. The Bertz CT molecular complexity index is 1270. The molecule has 0 atom stereocenters. The Hall–Kier alpha value is -3.88. The van der Waals surface area contributed by atoms with E-state index in [9.17, 15) is 9.59 Å². The highest BCUT2D eigenvalue weighted by molar-refractivity contribution is 6.05. The number of carbonyl (C=O) groups is 1. The van der Waals surface area contributed by atoms with E-state index in [1.165, 1.54) is 21.8 Å². The Balaban J connectivity index is 1.27. The normalized spacial score (nSPS) is 14.8. The van der Waals surface area contributed by atoms with E-state index in [1.807, 2.05) is 35.2 Å². The summed E-state index contributed by atoms with van der Waals surface area (Å²) >= 11 is 0. The molecule has 4 aromatic rings. The predicted molar refractivity (Wildman–Crippen MR) is 114 cm³/mol. The summed E-state index contributed by atoms with van der Waals surface area (Å²) in [7, 11) is 0. The summed E-state index contributed by atoms with van der Waals surface area (Å²) in [5.74, 6) is 0.770. The molecule has 0 aliphatic carbocycles. The van der Waals surface area contributed by atoms with E-state index in [2.05, 4.69) is 20.2 Å². The molecule has 5 rings (SSSR count). The van der Waals surface area contributed by atoms with Gasteiger partial charge in [-0.1, -0.05) is 24.3 Å². The van der Waals surface area contributed by atoms with Crippen molar-refractivity contribution in [1.29, 1.82) is 0 Å². The summed E-state index contributed by atoms with van der Waals surface area (Å²) < 4.78 is 3.00. The van der Waals surface area contributed by atoms with E-state index in [4.69, 9.17) is 0 Å².